The van der Waals surface area contributed by atoms with Crippen LogP contribution >= 0.6 is 0 Å². The smallest absolute Gasteiger partial charge is 0.264 e. The Kier molecular flexibility index (Phi) is 5.64. The number of fused-ring (bicyclic) bond motifs is 2. The van der Waals surface area contributed by atoms with Gasteiger partial charge in [0.25, 0.3) is 11.8 Å². The van der Waals surface area contributed by atoms with E-state index in [1.165, 1.54) is 4.90 Å². The van der Waals surface area contributed by atoms with Gasteiger partial charge in [-0.05, 0) is 36.6 Å². The Morgan fingerprint density at radius 2 is 1.77 bits per heavy atom. The second kappa shape index (κ2) is 8.66. The Balaban J connectivity index is 1.66. The molecule has 8 nitrogen and oxygen atoms in total. The van der Waals surface area contributed by atoms with Crippen LogP contribution in [0.3, 0.4) is 0 Å². The van der Waals surface area contributed by atoms with E-state index < -0.39 is 5.54 Å². The van der Waals surface area contributed by atoms with Crippen molar-refractivity contribution in [1.29, 1.82) is 5.26 Å². The van der Waals surface area contributed by atoms with Crippen molar-refractivity contribution >= 4 is 11.8 Å². The fraction of sp³-hybridized carbons (Fsp3) is 0.370. The fourth-order valence-electron chi connectivity index (χ4n) is 5.82. The summed E-state index contributed by atoms with van der Waals surface area (Å²) in [6.45, 7) is 0.0938. The van der Waals surface area contributed by atoms with E-state index >= 15 is 0 Å². The van der Waals surface area contributed by atoms with Gasteiger partial charge in [-0.2, -0.15) is 5.26 Å². The highest BCUT2D eigenvalue weighted by molar-refractivity contribution is 6.11. The lowest BCUT2D eigenvalue weighted by atomic mass is 9.83. The molecular formula is C27H28N4O4. The number of carbonyl (C=O) groups excluding carboxylic acids is 2. The number of nitriles is 1. The zero-order valence-electron chi connectivity index (χ0n) is 19.9. The molecule has 3 aliphatic rings. The lowest BCUT2D eigenvalue weighted by molar-refractivity contribution is -0.139. The molecule has 0 bridgehead atoms. The van der Waals surface area contributed by atoms with E-state index in [4.69, 9.17) is 15.2 Å². The standard InChI is InChI=1S/C27H28N4O4/c1-34-22-13-12-17(14-23(22)35-2)16-30-25(32)19-10-6-7-11-20(19)27(30)21(15-28)24(29)31(26(27)33)18-8-4-3-5-9-18/h6-7,10-14,18H,3-5,8-9,16,29H2,1-2H3/t27-/m1/s1. The van der Waals surface area contributed by atoms with E-state index in [9.17, 15) is 14.9 Å². The van der Waals surface area contributed by atoms with E-state index in [1.807, 2.05) is 6.07 Å². The van der Waals surface area contributed by atoms with Crippen LogP contribution in [0.15, 0.2) is 53.9 Å². The fourth-order valence-corrected chi connectivity index (χ4v) is 5.82. The molecule has 1 spiro atoms. The second-order valence-corrected chi connectivity index (χ2v) is 9.18. The number of rotatable bonds is 5. The second-order valence-electron chi connectivity index (χ2n) is 9.18. The summed E-state index contributed by atoms with van der Waals surface area (Å²) in [5, 5.41) is 10.3. The first-order chi connectivity index (χ1) is 17.0. The Bertz CT molecular complexity index is 1270. The highest BCUT2D eigenvalue weighted by Gasteiger charge is 2.64. The SMILES string of the molecule is COc1ccc(CN2C(=O)c3ccccc3[C@@]23C(=O)N(C2CCCCC2)C(N)=C3C#N)cc1OC. The van der Waals surface area contributed by atoms with E-state index in [-0.39, 0.29) is 35.8 Å². The lowest BCUT2D eigenvalue weighted by Gasteiger charge is -2.37. The van der Waals surface area contributed by atoms with E-state index in [2.05, 4.69) is 6.07 Å². The van der Waals surface area contributed by atoms with Crippen LogP contribution in [-0.2, 0) is 16.9 Å². The maximum atomic E-state index is 14.4. The van der Waals surface area contributed by atoms with Gasteiger partial charge >= 0.3 is 0 Å². The molecular weight excluding hydrogens is 444 g/mol. The molecule has 1 fully saturated rings. The third kappa shape index (κ3) is 3.18. The molecule has 1 atom stereocenters. The highest BCUT2D eigenvalue weighted by atomic mass is 16.5. The van der Waals surface area contributed by atoms with Gasteiger partial charge in [0.05, 0.1) is 14.2 Å². The number of amides is 2. The van der Waals surface area contributed by atoms with Crippen LogP contribution in [0.4, 0.5) is 0 Å². The number of hydrogen-bond acceptors (Lipinski definition) is 6. The summed E-state index contributed by atoms with van der Waals surface area (Å²) in [7, 11) is 3.09. The Labute approximate surface area is 204 Å². The minimum atomic E-state index is -1.59. The summed E-state index contributed by atoms with van der Waals surface area (Å²) in [6, 6.07) is 14.5. The molecule has 1 aliphatic carbocycles. The van der Waals surface area contributed by atoms with Crippen LogP contribution < -0.4 is 15.2 Å². The first-order valence-corrected chi connectivity index (χ1v) is 11.8. The Morgan fingerprint density at radius 3 is 2.46 bits per heavy atom. The number of ether oxygens (including phenoxy) is 2. The molecule has 0 unspecified atom stereocenters. The molecule has 35 heavy (non-hydrogen) atoms. The zero-order chi connectivity index (χ0) is 24.7. The van der Waals surface area contributed by atoms with Crippen molar-refractivity contribution in [3.63, 3.8) is 0 Å². The van der Waals surface area contributed by atoms with Crippen LogP contribution in [0.2, 0.25) is 0 Å². The van der Waals surface area contributed by atoms with Crippen LogP contribution in [0.1, 0.15) is 53.6 Å². The van der Waals surface area contributed by atoms with Crippen molar-refractivity contribution in [3.05, 3.63) is 70.5 Å². The number of carbonyl (C=O) groups is 2. The number of hydrogen-bond donors (Lipinski definition) is 1. The average Bonchev–Trinajstić information content (AvgIpc) is 3.27. The first kappa shape index (κ1) is 22.8. The van der Waals surface area contributed by atoms with Crippen molar-refractivity contribution in [3.8, 4) is 17.6 Å². The van der Waals surface area contributed by atoms with Gasteiger partial charge in [-0.3, -0.25) is 14.5 Å². The molecule has 1 saturated carbocycles. The summed E-state index contributed by atoms with van der Waals surface area (Å²) >= 11 is 0. The molecule has 8 heteroatoms. The minimum absolute atomic E-state index is 0.0789. The summed E-state index contributed by atoms with van der Waals surface area (Å²) in [5.74, 6) is 0.600. The molecule has 180 valence electrons. The topological polar surface area (TPSA) is 109 Å². The molecule has 0 radical (unpaired) electrons. The van der Waals surface area contributed by atoms with Gasteiger partial charge in [0.1, 0.15) is 17.5 Å². The summed E-state index contributed by atoms with van der Waals surface area (Å²) in [4.78, 5) is 31.2. The molecule has 2 amide bonds. The lowest BCUT2D eigenvalue weighted by Crippen LogP contribution is -2.53. The summed E-state index contributed by atoms with van der Waals surface area (Å²) in [5.41, 5.74) is 6.73. The van der Waals surface area contributed by atoms with E-state index in [0.29, 0.717) is 22.6 Å². The Morgan fingerprint density at radius 1 is 1.06 bits per heavy atom. The summed E-state index contributed by atoms with van der Waals surface area (Å²) in [6.07, 6.45) is 4.77. The maximum absolute atomic E-state index is 14.4. The molecule has 0 aromatic heterocycles. The van der Waals surface area contributed by atoms with Gasteiger partial charge in [-0.25, -0.2) is 0 Å². The maximum Gasteiger partial charge on any atom is 0.264 e. The number of benzene rings is 2. The van der Waals surface area contributed by atoms with Crippen molar-refractivity contribution < 1.29 is 19.1 Å². The number of nitrogens with two attached hydrogens (primary N) is 1. The molecule has 2 heterocycles. The van der Waals surface area contributed by atoms with Gasteiger partial charge < -0.3 is 20.1 Å². The third-order valence-electron chi connectivity index (χ3n) is 7.44. The van der Waals surface area contributed by atoms with E-state index in [1.54, 1.807) is 55.5 Å². The van der Waals surface area contributed by atoms with Gasteiger partial charge in [-0.1, -0.05) is 43.5 Å². The molecule has 2 aromatic carbocycles. The number of nitrogens with zero attached hydrogens (tertiary/aromatic N) is 3. The molecule has 0 saturated heterocycles. The molecule has 5 rings (SSSR count). The largest absolute Gasteiger partial charge is 0.493 e. The van der Waals surface area contributed by atoms with Gasteiger partial charge in [0, 0.05) is 23.7 Å². The minimum Gasteiger partial charge on any atom is -0.493 e. The van der Waals surface area contributed by atoms with Gasteiger partial charge in [0.15, 0.2) is 17.0 Å². The normalized spacial score (nSPS) is 22.1. The molecule has 2 aliphatic heterocycles. The van der Waals surface area contributed by atoms with Crippen molar-refractivity contribution in [1.82, 2.24) is 9.80 Å². The first-order valence-electron chi connectivity index (χ1n) is 11.8. The van der Waals surface area contributed by atoms with Gasteiger partial charge in [-0.15, -0.1) is 0 Å². The molecule has 2 N–H and O–H groups in total. The molecule has 2 aromatic rings. The van der Waals surface area contributed by atoms with Gasteiger partial charge in [0.2, 0.25) is 0 Å². The van der Waals surface area contributed by atoms with Crippen LogP contribution in [0, 0.1) is 11.3 Å². The Hall–Kier alpha value is -3.99. The van der Waals surface area contributed by atoms with Crippen molar-refractivity contribution in [2.45, 2.75) is 50.2 Å². The highest BCUT2D eigenvalue weighted by Crippen LogP contribution is 2.52. The van der Waals surface area contributed by atoms with Crippen LogP contribution in [0.5, 0.6) is 11.5 Å². The van der Waals surface area contributed by atoms with Crippen LogP contribution in [0.25, 0.3) is 0 Å². The zero-order valence-corrected chi connectivity index (χ0v) is 19.9. The predicted octanol–water partition coefficient (Wildman–Crippen LogP) is 3.42. The van der Waals surface area contributed by atoms with Crippen LogP contribution in [-0.4, -0.2) is 41.9 Å². The number of methoxy groups -OCH3 is 2. The third-order valence-corrected chi connectivity index (χ3v) is 7.44. The van der Waals surface area contributed by atoms with E-state index in [0.717, 1.165) is 37.7 Å². The van der Waals surface area contributed by atoms with Crippen molar-refractivity contribution in [2.75, 3.05) is 14.2 Å². The summed E-state index contributed by atoms with van der Waals surface area (Å²) < 4.78 is 10.8. The quantitative estimate of drug-likeness (QED) is 0.714. The monoisotopic (exact) mass is 472 g/mol. The average molecular weight is 473 g/mol. The predicted molar refractivity (Wildman–Crippen MR) is 128 cm³/mol. The van der Waals surface area contributed by atoms with Crippen molar-refractivity contribution in [2.24, 2.45) is 5.73 Å².